The number of carbonyl (C=O) groups is 3. The minimum atomic E-state index is -0.484. The summed E-state index contributed by atoms with van der Waals surface area (Å²) in [4.78, 5) is 39.9. The molecular weight excluding hydrogens is 374 g/mol. The van der Waals surface area contributed by atoms with Gasteiger partial charge in [0, 0.05) is 5.69 Å². The van der Waals surface area contributed by atoms with Crippen LogP contribution in [-0.4, -0.2) is 41.4 Å². The van der Waals surface area contributed by atoms with Gasteiger partial charge in [-0.15, -0.1) is 11.8 Å². The predicted molar refractivity (Wildman–Crippen MR) is 104 cm³/mol. The largest absolute Gasteiger partial charge is 0.465 e. The number of benzene rings is 1. The van der Waals surface area contributed by atoms with Crippen LogP contribution >= 0.6 is 23.1 Å². The van der Waals surface area contributed by atoms with Gasteiger partial charge >= 0.3 is 5.97 Å². The number of carbonyl (C=O) groups excluding carboxylic acids is 3. The molecule has 0 spiro atoms. The van der Waals surface area contributed by atoms with Crippen molar-refractivity contribution in [1.29, 1.82) is 0 Å². The Morgan fingerprint density at radius 2 is 1.85 bits per heavy atom. The van der Waals surface area contributed by atoms with Crippen molar-refractivity contribution in [3.63, 3.8) is 0 Å². The molecule has 7 nitrogen and oxygen atoms in total. The average molecular weight is 393 g/mol. The number of aryl methyl sites for hydroxylation is 2. The van der Waals surface area contributed by atoms with E-state index in [0.29, 0.717) is 15.7 Å². The summed E-state index contributed by atoms with van der Waals surface area (Å²) < 4.78 is 4.65. The third-order valence-electron chi connectivity index (χ3n) is 3.18. The zero-order valence-electron chi connectivity index (χ0n) is 14.6. The quantitative estimate of drug-likeness (QED) is 0.702. The number of esters is 1. The first-order chi connectivity index (χ1) is 12.4. The van der Waals surface area contributed by atoms with Gasteiger partial charge in [-0.2, -0.15) is 0 Å². The van der Waals surface area contributed by atoms with E-state index in [4.69, 9.17) is 0 Å². The molecule has 9 heteroatoms. The van der Waals surface area contributed by atoms with E-state index in [-0.39, 0.29) is 23.3 Å². The molecule has 0 atom stereocenters. The number of ether oxygens (including phenoxy) is 1. The molecule has 0 aliphatic rings. The second-order valence-corrected chi connectivity index (χ2v) is 7.37. The molecule has 0 saturated heterocycles. The minimum absolute atomic E-state index is 0.105. The van der Waals surface area contributed by atoms with Crippen LogP contribution in [0.4, 0.5) is 10.8 Å². The van der Waals surface area contributed by atoms with Crippen LogP contribution < -0.4 is 10.6 Å². The lowest BCUT2D eigenvalue weighted by molar-refractivity contribution is -0.114. The third-order valence-corrected chi connectivity index (χ3v) is 5.17. The lowest BCUT2D eigenvalue weighted by Crippen LogP contribution is -2.18. The highest BCUT2D eigenvalue weighted by atomic mass is 32.2. The number of methoxy groups -OCH3 is 1. The van der Waals surface area contributed by atoms with Crippen LogP contribution in [0, 0.1) is 13.8 Å². The van der Waals surface area contributed by atoms with E-state index in [1.807, 2.05) is 31.2 Å². The molecule has 0 radical (unpaired) electrons. The zero-order chi connectivity index (χ0) is 19.1. The summed E-state index contributed by atoms with van der Waals surface area (Å²) in [5.74, 6) is -0.684. The first-order valence-electron chi connectivity index (χ1n) is 7.69. The number of hydrogen-bond acceptors (Lipinski definition) is 7. The van der Waals surface area contributed by atoms with Gasteiger partial charge in [-0.05, 0) is 31.5 Å². The number of hydrogen-bond donors (Lipinski definition) is 2. The van der Waals surface area contributed by atoms with Crippen LogP contribution in [0.15, 0.2) is 24.3 Å². The molecule has 2 rings (SSSR count). The van der Waals surface area contributed by atoms with Crippen molar-refractivity contribution in [2.24, 2.45) is 0 Å². The van der Waals surface area contributed by atoms with Crippen LogP contribution in [0.1, 0.15) is 20.9 Å². The molecule has 0 aliphatic heterocycles. The molecular formula is C17H19N3O4S2. The van der Waals surface area contributed by atoms with Gasteiger partial charge in [0.2, 0.25) is 11.8 Å². The van der Waals surface area contributed by atoms with Crippen molar-refractivity contribution in [1.82, 2.24) is 4.98 Å². The van der Waals surface area contributed by atoms with Gasteiger partial charge in [0.05, 0.1) is 24.3 Å². The SMILES string of the molecule is COC(=O)c1sc(NC(=O)CSCC(=O)Nc2cccc(C)c2)nc1C. The Morgan fingerprint density at radius 3 is 2.50 bits per heavy atom. The van der Waals surface area contributed by atoms with Crippen molar-refractivity contribution in [2.75, 3.05) is 29.2 Å². The summed E-state index contributed by atoms with van der Waals surface area (Å²) in [5.41, 5.74) is 2.29. The van der Waals surface area contributed by atoms with E-state index in [1.54, 1.807) is 6.92 Å². The predicted octanol–water partition coefficient (Wildman–Crippen LogP) is 2.86. The van der Waals surface area contributed by atoms with Crippen molar-refractivity contribution in [3.05, 3.63) is 40.4 Å². The van der Waals surface area contributed by atoms with Gasteiger partial charge in [-0.1, -0.05) is 23.5 Å². The number of nitrogens with one attached hydrogen (secondary N) is 2. The molecule has 0 fully saturated rings. The molecule has 1 aromatic carbocycles. The van der Waals surface area contributed by atoms with E-state index in [9.17, 15) is 14.4 Å². The summed E-state index contributed by atoms with van der Waals surface area (Å²) in [6.07, 6.45) is 0. The van der Waals surface area contributed by atoms with Gasteiger partial charge in [-0.25, -0.2) is 9.78 Å². The van der Waals surface area contributed by atoms with Gasteiger partial charge in [-0.3, -0.25) is 9.59 Å². The first kappa shape index (κ1) is 19.9. The summed E-state index contributed by atoms with van der Waals surface area (Å²) >= 11 is 2.25. The summed E-state index contributed by atoms with van der Waals surface area (Å²) in [5, 5.41) is 5.74. The van der Waals surface area contributed by atoms with Crippen molar-refractivity contribution >= 4 is 51.7 Å². The van der Waals surface area contributed by atoms with E-state index in [1.165, 1.54) is 18.9 Å². The molecule has 138 valence electrons. The average Bonchev–Trinajstić information content (AvgIpc) is 2.94. The summed E-state index contributed by atoms with van der Waals surface area (Å²) in [6, 6.07) is 7.50. The molecule has 2 N–H and O–H groups in total. The van der Waals surface area contributed by atoms with Gasteiger partial charge in [0.15, 0.2) is 5.13 Å². The number of anilines is 2. The van der Waals surface area contributed by atoms with Gasteiger partial charge < -0.3 is 15.4 Å². The maximum absolute atomic E-state index is 11.9. The first-order valence-corrected chi connectivity index (χ1v) is 9.66. The maximum atomic E-state index is 11.9. The third kappa shape index (κ3) is 5.85. The Kier molecular flexibility index (Phi) is 7.16. The number of rotatable bonds is 7. The van der Waals surface area contributed by atoms with Crippen LogP contribution in [0.25, 0.3) is 0 Å². The monoisotopic (exact) mass is 393 g/mol. The second kappa shape index (κ2) is 9.35. The van der Waals surface area contributed by atoms with Crippen LogP contribution in [0.2, 0.25) is 0 Å². The van der Waals surface area contributed by atoms with Crippen molar-refractivity contribution < 1.29 is 19.1 Å². The fourth-order valence-electron chi connectivity index (χ4n) is 2.04. The Balaban J connectivity index is 1.77. The number of thiazole rings is 1. The summed E-state index contributed by atoms with van der Waals surface area (Å²) in [6.45, 7) is 3.61. The topological polar surface area (TPSA) is 97.4 Å². The Labute approximate surface area is 159 Å². The highest BCUT2D eigenvalue weighted by molar-refractivity contribution is 8.00. The number of thioether (sulfide) groups is 1. The molecule has 0 aliphatic carbocycles. The lowest BCUT2D eigenvalue weighted by atomic mass is 10.2. The minimum Gasteiger partial charge on any atom is -0.465 e. The Bertz CT molecular complexity index is 820. The standard InChI is InChI=1S/C17H19N3O4S2/c1-10-5-4-6-12(7-10)19-13(21)8-25-9-14(22)20-17-18-11(2)15(26-17)16(23)24-3/h4-7H,8-9H2,1-3H3,(H,19,21)(H,18,20,22). The Morgan fingerprint density at radius 1 is 1.15 bits per heavy atom. The number of aromatic nitrogens is 1. The smallest absolute Gasteiger partial charge is 0.350 e. The molecule has 0 saturated carbocycles. The van der Waals surface area contributed by atoms with Crippen LogP contribution in [0.3, 0.4) is 0 Å². The van der Waals surface area contributed by atoms with Crippen molar-refractivity contribution in [2.45, 2.75) is 13.8 Å². The van der Waals surface area contributed by atoms with Gasteiger partial charge in [0.25, 0.3) is 0 Å². The lowest BCUT2D eigenvalue weighted by Gasteiger charge is -2.06. The highest BCUT2D eigenvalue weighted by Crippen LogP contribution is 2.23. The molecule has 26 heavy (non-hydrogen) atoms. The molecule has 2 amide bonds. The summed E-state index contributed by atoms with van der Waals surface area (Å²) in [7, 11) is 1.29. The van der Waals surface area contributed by atoms with E-state index < -0.39 is 5.97 Å². The number of amides is 2. The molecule has 0 bridgehead atoms. The second-order valence-electron chi connectivity index (χ2n) is 5.38. The normalized spacial score (nSPS) is 10.3. The number of nitrogens with zero attached hydrogens (tertiary/aromatic N) is 1. The fraction of sp³-hybridized carbons (Fsp3) is 0.294. The zero-order valence-corrected chi connectivity index (χ0v) is 16.3. The van der Waals surface area contributed by atoms with Crippen LogP contribution in [0.5, 0.6) is 0 Å². The van der Waals surface area contributed by atoms with Crippen LogP contribution in [-0.2, 0) is 14.3 Å². The van der Waals surface area contributed by atoms with Crippen molar-refractivity contribution in [3.8, 4) is 0 Å². The van der Waals surface area contributed by atoms with E-state index in [2.05, 4.69) is 20.4 Å². The molecule has 0 unspecified atom stereocenters. The molecule has 1 heterocycles. The maximum Gasteiger partial charge on any atom is 0.350 e. The van der Waals surface area contributed by atoms with E-state index >= 15 is 0 Å². The Hall–Kier alpha value is -2.39. The van der Waals surface area contributed by atoms with E-state index in [0.717, 1.165) is 22.6 Å². The fourth-order valence-corrected chi connectivity index (χ4v) is 3.56. The highest BCUT2D eigenvalue weighted by Gasteiger charge is 2.17. The molecule has 2 aromatic rings. The van der Waals surface area contributed by atoms with Gasteiger partial charge in [0.1, 0.15) is 4.88 Å². The molecule has 1 aromatic heterocycles.